The van der Waals surface area contributed by atoms with E-state index in [9.17, 15) is 9.59 Å². The molecule has 1 amide bonds. The van der Waals surface area contributed by atoms with Gasteiger partial charge < -0.3 is 5.73 Å². The van der Waals surface area contributed by atoms with E-state index in [1.807, 2.05) is 0 Å². The summed E-state index contributed by atoms with van der Waals surface area (Å²) in [4.78, 5) is 21.3. The molecule has 3 nitrogen and oxygen atoms in total. The van der Waals surface area contributed by atoms with Crippen LogP contribution in [0.15, 0.2) is 23.3 Å². The fourth-order valence-corrected chi connectivity index (χ4v) is 0.696. The normalized spacial score (nSPS) is 9.92. The maximum Gasteiger partial charge on any atom is 0.248 e. The Morgan fingerprint density at radius 2 is 1.58 bits per heavy atom. The number of ketones is 1. The minimum Gasteiger partial charge on any atom is -0.366 e. The molecule has 0 aromatic carbocycles. The van der Waals surface area contributed by atoms with E-state index in [0.717, 1.165) is 5.57 Å². The van der Waals surface area contributed by atoms with Crippen molar-refractivity contribution in [2.45, 2.75) is 20.8 Å². The van der Waals surface area contributed by atoms with Crippen LogP contribution in [0.5, 0.6) is 0 Å². The monoisotopic (exact) mass is 167 g/mol. The van der Waals surface area contributed by atoms with Crippen molar-refractivity contribution in [3.63, 3.8) is 0 Å². The summed E-state index contributed by atoms with van der Waals surface area (Å²) in [6.45, 7) is 4.95. The van der Waals surface area contributed by atoms with Crippen LogP contribution in [-0.4, -0.2) is 11.7 Å². The highest BCUT2D eigenvalue weighted by atomic mass is 16.1. The van der Waals surface area contributed by atoms with Crippen LogP contribution in [0.25, 0.3) is 0 Å². The predicted octanol–water partition coefficient (Wildman–Crippen LogP) is 0.953. The summed E-state index contributed by atoms with van der Waals surface area (Å²) in [6.07, 6.45) is 2.77. The molecule has 0 heterocycles. The van der Waals surface area contributed by atoms with Gasteiger partial charge in [-0.1, -0.05) is 5.57 Å². The fourth-order valence-electron chi connectivity index (χ4n) is 0.696. The number of carbonyl (C=O) groups is 2. The van der Waals surface area contributed by atoms with Crippen LogP contribution in [0.2, 0.25) is 0 Å². The third-order valence-electron chi connectivity index (χ3n) is 1.29. The highest BCUT2D eigenvalue weighted by Crippen LogP contribution is 2.03. The van der Waals surface area contributed by atoms with Gasteiger partial charge in [-0.3, -0.25) is 9.59 Å². The molecule has 0 saturated carbocycles. The lowest BCUT2D eigenvalue weighted by molar-refractivity contribution is -0.114. The molecular formula is C9H13NO2. The molecule has 0 aliphatic heterocycles. The van der Waals surface area contributed by atoms with Gasteiger partial charge in [-0.2, -0.15) is 0 Å². The molecule has 0 aromatic rings. The molecule has 0 unspecified atom stereocenters. The van der Waals surface area contributed by atoms with Crippen LogP contribution in [0.1, 0.15) is 20.8 Å². The lowest BCUT2D eigenvalue weighted by atomic mass is 10.1. The Morgan fingerprint density at radius 3 is 1.83 bits per heavy atom. The predicted molar refractivity (Wildman–Crippen MR) is 47.4 cm³/mol. The number of hydrogen-bond acceptors (Lipinski definition) is 2. The second kappa shape index (κ2) is 4.49. The van der Waals surface area contributed by atoms with Gasteiger partial charge in [-0.05, 0) is 32.9 Å². The van der Waals surface area contributed by atoms with Crippen molar-refractivity contribution in [3.8, 4) is 0 Å². The maximum atomic E-state index is 10.8. The Morgan fingerprint density at radius 1 is 1.08 bits per heavy atom. The van der Waals surface area contributed by atoms with Gasteiger partial charge in [-0.15, -0.1) is 0 Å². The van der Waals surface area contributed by atoms with Gasteiger partial charge in [0.1, 0.15) is 0 Å². The van der Waals surface area contributed by atoms with Crippen LogP contribution in [0.3, 0.4) is 0 Å². The zero-order chi connectivity index (χ0) is 9.72. The van der Waals surface area contributed by atoms with Crippen LogP contribution in [0.4, 0.5) is 0 Å². The van der Waals surface area contributed by atoms with Crippen LogP contribution in [-0.2, 0) is 9.59 Å². The first-order valence-corrected chi connectivity index (χ1v) is 3.61. The van der Waals surface area contributed by atoms with Crippen molar-refractivity contribution in [1.29, 1.82) is 0 Å². The quantitative estimate of drug-likeness (QED) is 0.502. The van der Waals surface area contributed by atoms with E-state index >= 15 is 0 Å². The Kier molecular flexibility index (Phi) is 3.97. The average molecular weight is 167 g/mol. The van der Waals surface area contributed by atoms with Crippen molar-refractivity contribution in [1.82, 2.24) is 0 Å². The van der Waals surface area contributed by atoms with Crippen molar-refractivity contribution < 1.29 is 9.59 Å². The van der Waals surface area contributed by atoms with E-state index in [1.54, 1.807) is 13.8 Å². The molecule has 0 saturated heterocycles. The molecule has 0 spiro atoms. The number of hydrogen-bond donors (Lipinski definition) is 1. The average Bonchev–Trinajstić information content (AvgIpc) is 1.84. The molecule has 0 atom stereocenters. The maximum absolute atomic E-state index is 10.8. The van der Waals surface area contributed by atoms with Crippen molar-refractivity contribution in [2.24, 2.45) is 5.73 Å². The van der Waals surface area contributed by atoms with Crippen molar-refractivity contribution >= 4 is 11.7 Å². The Bertz CT molecular complexity index is 258. The number of primary amides is 1. The molecular weight excluding hydrogens is 154 g/mol. The number of carbonyl (C=O) groups excluding carboxylic acids is 2. The highest BCUT2D eigenvalue weighted by molar-refractivity contribution is 5.97. The second-order valence-corrected chi connectivity index (χ2v) is 2.72. The Balaban J connectivity index is 4.70. The second-order valence-electron chi connectivity index (χ2n) is 2.72. The summed E-state index contributed by atoms with van der Waals surface area (Å²) >= 11 is 0. The summed E-state index contributed by atoms with van der Waals surface area (Å²) < 4.78 is 0. The number of nitrogens with two attached hydrogens (primary N) is 1. The Labute approximate surface area is 71.9 Å². The lowest BCUT2D eigenvalue weighted by Crippen LogP contribution is -2.13. The van der Waals surface area contributed by atoms with E-state index in [0.29, 0.717) is 5.57 Å². The summed E-state index contributed by atoms with van der Waals surface area (Å²) in [5.41, 5.74) is 6.26. The van der Waals surface area contributed by atoms with Crippen LogP contribution in [0, 0.1) is 0 Å². The smallest absolute Gasteiger partial charge is 0.248 e. The molecule has 66 valence electrons. The van der Waals surface area contributed by atoms with Crippen molar-refractivity contribution in [2.75, 3.05) is 0 Å². The summed E-state index contributed by atoms with van der Waals surface area (Å²) in [7, 11) is 0. The largest absolute Gasteiger partial charge is 0.366 e. The number of amides is 1. The number of rotatable bonds is 3. The Hall–Kier alpha value is -1.38. The molecule has 0 aliphatic carbocycles. The fraction of sp³-hybridized carbons (Fsp3) is 0.333. The van der Waals surface area contributed by atoms with Gasteiger partial charge in [-0.25, -0.2) is 0 Å². The molecule has 0 aliphatic rings. The van der Waals surface area contributed by atoms with Crippen LogP contribution < -0.4 is 5.73 Å². The van der Waals surface area contributed by atoms with E-state index in [2.05, 4.69) is 0 Å². The minimum atomic E-state index is -0.507. The summed E-state index contributed by atoms with van der Waals surface area (Å²) in [5.74, 6) is -0.609. The first-order chi connectivity index (χ1) is 5.45. The van der Waals surface area contributed by atoms with E-state index in [-0.39, 0.29) is 5.78 Å². The topological polar surface area (TPSA) is 60.2 Å². The highest BCUT2D eigenvalue weighted by Gasteiger charge is 2.01. The first-order valence-electron chi connectivity index (χ1n) is 3.61. The molecule has 0 radical (unpaired) electrons. The van der Waals surface area contributed by atoms with Gasteiger partial charge in [0.05, 0.1) is 0 Å². The van der Waals surface area contributed by atoms with Gasteiger partial charge >= 0.3 is 0 Å². The van der Waals surface area contributed by atoms with E-state index in [1.165, 1.54) is 19.1 Å². The molecule has 0 rings (SSSR count). The van der Waals surface area contributed by atoms with Crippen molar-refractivity contribution in [3.05, 3.63) is 23.3 Å². The number of allylic oxidation sites excluding steroid dienone is 2. The van der Waals surface area contributed by atoms with Crippen LogP contribution >= 0.6 is 0 Å². The first kappa shape index (κ1) is 10.6. The zero-order valence-corrected chi connectivity index (χ0v) is 7.55. The standard InChI is InChI=1S/C9H13NO2/c1-6(2)8(9(10)12)5-4-7(3)11/h4-5H,1-3H3,(H2,10,12)/b5-4-. The summed E-state index contributed by atoms with van der Waals surface area (Å²) in [6, 6.07) is 0. The van der Waals surface area contributed by atoms with Gasteiger partial charge in [0.2, 0.25) is 5.91 Å². The molecule has 3 heteroatoms. The zero-order valence-electron chi connectivity index (χ0n) is 7.55. The van der Waals surface area contributed by atoms with Gasteiger partial charge in [0, 0.05) is 5.57 Å². The van der Waals surface area contributed by atoms with E-state index in [4.69, 9.17) is 5.73 Å². The minimum absolute atomic E-state index is 0.102. The van der Waals surface area contributed by atoms with E-state index < -0.39 is 5.91 Å². The molecule has 0 fully saturated rings. The molecule has 12 heavy (non-hydrogen) atoms. The summed E-state index contributed by atoms with van der Waals surface area (Å²) in [5, 5.41) is 0. The molecule has 0 aromatic heterocycles. The molecule has 0 bridgehead atoms. The van der Waals surface area contributed by atoms with Gasteiger partial charge in [0.25, 0.3) is 0 Å². The third kappa shape index (κ3) is 3.71. The SMILES string of the molecule is CC(=O)/C=C\C(C(N)=O)=C(C)C. The third-order valence-corrected chi connectivity index (χ3v) is 1.29. The van der Waals surface area contributed by atoms with Gasteiger partial charge in [0.15, 0.2) is 5.78 Å². The lowest BCUT2D eigenvalue weighted by Gasteiger charge is -1.97. The molecule has 2 N–H and O–H groups in total.